The van der Waals surface area contributed by atoms with Gasteiger partial charge in [0.05, 0.1) is 17.8 Å². The number of benzene rings is 2. The molecule has 152 valence electrons. The summed E-state index contributed by atoms with van der Waals surface area (Å²) < 4.78 is 6.25. The molecule has 0 spiro atoms. The van der Waals surface area contributed by atoms with E-state index >= 15 is 0 Å². The molecule has 1 unspecified atom stereocenters. The summed E-state index contributed by atoms with van der Waals surface area (Å²) in [5.41, 5.74) is 7.02. The Morgan fingerprint density at radius 2 is 1.97 bits per heavy atom. The summed E-state index contributed by atoms with van der Waals surface area (Å²) >= 11 is 0. The standard InChI is InChI=1S/C26H31NO2/c1-4-26(13-14-28)25-22(12-15-29-26)23-17-21(18(2)3)16-20(24(23)27-25)11-10-19-8-6-5-7-9-19/h5-11,16-18,27-28H,4,12-15H2,1-3H3/b11-10+. The Kier molecular flexibility index (Phi) is 5.62. The number of hydrogen-bond acceptors (Lipinski definition) is 2. The van der Waals surface area contributed by atoms with E-state index in [1.54, 1.807) is 0 Å². The quantitative estimate of drug-likeness (QED) is 0.506. The lowest BCUT2D eigenvalue weighted by atomic mass is 9.86. The number of rotatable bonds is 6. The monoisotopic (exact) mass is 389 g/mol. The van der Waals surface area contributed by atoms with Crippen molar-refractivity contribution in [2.45, 2.75) is 51.6 Å². The molecule has 29 heavy (non-hydrogen) atoms. The summed E-state index contributed by atoms with van der Waals surface area (Å²) in [6.45, 7) is 7.47. The molecule has 1 atom stereocenters. The molecule has 3 nitrogen and oxygen atoms in total. The van der Waals surface area contributed by atoms with Crippen LogP contribution in [0, 0.1) is 0 Å². The maximum atomic E-state index is 9.69. The van der Waals surface area contributed by atoms with E-state index in [2.05, 4.69) is 74.3 Å². The van der Waals surface area contributed by atoms with Crippen LogP contribution < -0.4 is 0 Å². The van der Waals surface area contributed by atoms with Gasteiger partial charge >= 0.3 is 0 Å². The second kappa shape index (κ2) is 8.17. The Bertz CT molecular complexity index is 1020. The van der Waals surface area contributed by atoms with Gasteiger partial charge < -0.3 is 14.8 Å². The van der Waals surface area contributed by atoms with Crippen LogP contribution in [-0.4, -0.2) is 23.3 Å². The first-order valence-electron chi connectivity index (χ1n) is 10.7. The summed E-state index contributed by atoms with van der Waals surface area (Å²) in [5.74, 6) is 0.460. The smallest absolute Gasteiger partial charge is 0.110 e. The van der Waals surface area contributed by atoms with E-state index in [0.29, 0.717) is 18.9 Å². The molecule has 0 saturated heterocycles. The van der Waals surface area contributed by atoms with Gasteiger partial charge in [-0.2, -0.15) is 0 Å². The molecule has 1 aromatic heterocycles. The first-order valence-corrected chi connectivity index (χ1v) is 10.7. The predicted octanol–water partition coefficient (Wildman–Crippen LogP) is 6.02. The highest BCUT2D eigenvalue weighted by molar-refractivity contribution is 5.94. The first-order chi connectivity index (χ1) is 14.1. The fourth-order valence-electron chi connectivity index (χ4n) is 4.52. The molecule has 4 rings (SSSR count). The Hall–Kier alpha value is -2.36. The van der Waals surface area contributed by atoms with Crippen molar-refractivity contribution < 1.29 is 9.84 Å². The Morgan fingerprint density at radius 3 is 2.66 bits per heavy atom. The Balaban J connectivity index is 1.91. The number of aliphatic hydroxyl groups excluding tert-OH is 1. The van der Waals surface area contributed by atoms with Crippen molar-refractivity contribution >= 4 is 23.1 Å². The number of hydrogen-bond donors (Lipinski definition) is 2. The lowest BCUT2D eigenvalue weighted by Gasteiger charge is -2.36. The average Bonchev–Trinajstić information content (AvgIpc) is 3.13. The van der Waals surface area contributed by atoms with Crippen molar-refractivity contribution in [3.05, 3.63) is 70.4 Å². The van der Waals surface area contributed by atoms with Crippen molar-refractivity contribution in [3.63, 3.8) is 0 Å². The van der Waals surface area contributed by atoms with E-state index in [1.807, 2.05) is 6.07 Å². The van der Waals surface area contributed by atoms with E-state index in [4.69, 9.17) is 4.74 Å². The minimum Gasteiger partial charge on any atom is -0.396 e. The van der Waals surface area contributed by atoms with Crippen LogP contribution >= 0.6 is 0 Å². The molecule has 0 fully saturated rings. The molecule has 0 bridgehead atoms. The summed E-state index contributed by atoms with van der Waals surface area (Å²) in [5, 5.41) is 11.0. The summed E-state index contributed by atoms with van der Waals surface area (Å²) in [6.07, 6.45) is 6.77. The van der Waals surface area contributed by atoms with Crippen LogP contribution in [0.2, 0.25) is 0 Å². The van der Waals surface area contributed by atoms with Gasteiger partial charge in [-0.3, -0.25) is 0 Å². The SMILES string of the molecule is CCC1(CCO)OCCc2c1[nH]c1c(/C=C/c3ccccc3)cc(C(C)C)cc21. The second-order valence-corrected chi connectivity index (χ2v) is 8.33. The van der Waals surface area contributed by atoms with E-state index < -0.39 is 5.60 Å². The Morgan fingerprint density at radius 1 is 1.17 bits per heavy atom. The normalized spacial score (nSPS) is 19.3. The maximum Gasteiger partial charge on any atom is 0.110 e. The molecule has 1 aliphatic heterocycles. The number of fused-ring (bicyclic) bond motifs is 3. The zero-order valence-corrected chi connectivity index (χ0v) is 17.7. The molecule has 2 N–H and O–H groups in total. The van der Waals surface area contributed by atoms with Crippen molar-refractivity contribution in [2.24, 2.45) is 0 Å². The van der Waals surface area contributed by atoms with Crippen LogP contribution in [0.15, 0.2) is 42.5 Å². The number of H-pyrrole nitrogens is 1. The molecule has 0 amide bonds. The summed E-state index contributed by atoms with van der Waals surface area (Å²) in [4.78, 5) is 3.73. The zero-order valence-electron chi connectivity index (χ0n) is 17.7. The summed E-state index contributed by atoms with van der Waals surface area (Å²) in [6, 6.07) is 15.1. The second-order valence-electron chi connectivity index (χ2n) is 8.33. The largest absolute Gasteiger partial charge is 0.396 e. The predicted molar refractivity (Wildman–Crippen MR) is 121 cm³/mol. The molecule has 0 aliphatic carbocycles. The zero-order chi connectivity index (χ0) is 20.4. The number of ether oxygens (including phenoxy) is 1. The minimum absolute atomic E-state index is 0.126. The number of aromatic nitrogens is 1. The fourth-order valence-corrected chi connectivity index (χ4v) is 4.52. The minimum atomic E-state index is -0.417. The van der Waals surface area contributed by atoms with E-state index in [9.17, 15) is 5.11 Å². The molecule has 1 aliphatic rings. The molecular formula is C26H31NO2. The summed E-state index contributed by atoms with van der Waals surface area (Å²) in [7, 11) is 0. The highest BCUT2D eigenvalue weighted by Gasteiger charge is 2.38. The number of nitrogens with one attached hydrogen (secondary N) is 1. The third-order valence-corrected chi connectivity index (χ3v) is 6.26. The molecule has 0 saturated carbocycles. The maximum absolute atomic E-state index is 9.69. The van der Waals surface area contributed by atoms with E-state index in [0.717, 1.165) is 18.5 Å². The topological polar surface area (TPSA) is 45.2 Å². The van der Waals surface area contributed by atoms with Crippen LogP contribution in [0.4, 0.5) is 0 Å². The number of aliphatic hydroxyl groups is 1. The van der Waals surface area contributed by atoms with Gasteiger partial charge in [0.25, 0.3) is 0 Å². The lowest BCUT2D eigenvalue weighted by Crippen LogP contribution is -2.36. The Labute approximate surface area is 173 Å². The van der Waals surface area contributed by atoms with Gasteiger partial charge in [-0.05, 0) is 53.1 Å². The molecule has 2 aromatic carbocycles. The van der Waals surface area contributed by atoms with E-state index in [1.165, 1.54) is 33.2 Å². The van der Waals surface area contributed by atoms with Gasteiger partial charge in [0.2, 0.25) is 0 Å². The van der Waals surface area contributed by atoms with Gasteiger partial charge in [0.15, 0.2) is 0 Å². The van der Waals surface area contributed by atoms with Crippen LogP contribution in [0.1, 0.15) is 67.5 Å². The van der Waals surface area contributed by atoms with Gasteiger partial charge in [-0.15, -0.1) is 0 Å². The van der Waals surface area contributed by atoms with Crippen molar-refractivity contribution in [2.75, 3.05) is 13.2 Å². The highest BCUT2D eigenvalue weighted by Crippen LogP contribution is 2.42. The molecule has 3 heteroatoms. The van der Waals surface area contributed by atoms with Gasteiger partial charge in [-0.25, -0.2) is 0 Å². The molecular weight excluding hydrogens is 358 g/mol. The highest BCUT2D eigenvalue weighted by atomic mass is 16.5. The van der Waals surface area contributed by atoms with Crippen LogP contribution in [-0.2, 0) is 16.8 Å². The average molecular weight is 390 g/mol. The van der Waals surface area contributed by atoms with Gasteiger partial charge in [0.1, 0.15) is 5.60 Å². The molecule has 0 radical (unpaired) electrons. The molecule has 2 heterocycles. The van der Waals surface area contributed by atoms with Crippen molar-refractivity contribution in [1.29, 1.82) is 0 Å². The number of aromatic amines is 1. The molecule has 3 aromatic rings. The third kappa shape index (κ3) is 3.65. The van der Waals surface area contributed by atoms with Crippen LogP contribution in [0.3, 0.4) is 0 Å². The van der Waals surface area contributed by atoms with Crippen LogP contribution in [0.25, 0.3) is 23.1 Å². The fraction of sp³-hybridized carbons (Fsp3) is 0.385. The van der Waals surface area contributed by atoms with Crippen molar-refractivity contribution in [3.8, 4) is 0 Å². The van der Waals surface area contributed by atoms with Crippen molar-refractivity contribution in [1.82, 2.24) is 4.98 Å². The lowest BCUT2D eigenvalue weighted by molar-refractivity contribution is -0.0795. The first kappa shape index (κ1) is 19.9. The van der Waals surface area contributed by atoms with Crippen LogP contribution in [0.5, 0.6) is 0 Å². The third-order valence-electron chi connectivity index (χ3n) is 6.26. The van der Waals surface area contributed by atoms with E-state index in [-0.39, 0.29) is 6.61 Å². The van der Waals surface area contributed by atoms with Gasteiger partial charge in [-0.1, -0.05) is 63.3 Å². The van der Waals surface area contributed by atoms with Gasteiger partial charge in [0, 0.05) is 18.4 Å².